The predicted molar refractivity (Wildman–Crippen MR) is 83.3 cm³/mol. The van der Waals surface area contributed by atoms with Crippen LogP contribution in [0.1, 0.15) is 17.5 Å². The molecule has 5 nitrogen and oxygen atoms in total. The summed E-state index contributed by atoms with van der Waals surface area (Å²) in [5.41, 5.74) is 9.18. The van der Waals surface area contributed by atoms with E-state index in [1.54, 1.807) is 18.2 Å². The van der Waals surface area contributed by atoms with Crippen molar-refractivity contribution in [2.75, 3.05) is 17.2 Å². The number of nitro benzene ring substituents is 1. The predicted octanol–water partition coefficient (Wildman–Crippen LogP) is 3.13. The minimum absolute atomic E-state index is 0.0110. The number of nitrogens with zero attached hydrogens (tertiary/aromatic N) is 2. The van der Waals surface area contributed by atoms with E-state index in [0.29, 0.717) is 12.2 Å². The van der Waals surface area contributed by atoms with Gasteiger partial charge in [-0.25, -0.2) is 0 Å². The van der Waals surface area contributed by atoms with Crippen molar-refractivity contribution in [3.63, 3.8) is 0 Å². The van der Waals surface area contributed by atoms with Crippen molar-refractivity contribution in [3.8, 4) is 0 Å². The summed E-state index contributed by atoms with van der Waals surface area (Å²) in [7, 11) is 0. The van der Waals surface area contributed by atoms with E-state index >= 15 is 0 Å². The van der Waals surface area contributed by atoms with Gasteiger partial charge in [-0.1, -0.05) is 30.3 Å². The Balaban J connectivity index is 2.02. The number of hydrogen-bond acceptors (Lipinski definition) is 4. The third kappa shape index (κ3) is 2.54. The van der Waals surface area contributed by atoms with Gasteiger partial charge >= 0.3 is 5.69 Å². The van der Waals surface area contributed by atoms with Gasteiger partial charge in [0.05, 0.1) is 4.92 Å². The summed E-state index contributed by atoms with van der Waals surface area (Å²) in [6.07, 6.45) is 1.98. The average molecular weight is 283 g/mol. The third-order valence-electron chi connectivity index (χ3n) is 3.92. The highest BCUT2D eigenvalue weighted by atomic mass is 16.6. The van der Waals surface area contributed by atoms with Gasteiger partial charge in [-0.05, 0) is 36.1 Å². The molecule has 0 fully saturated rings. The van der Waals surface area contributed by atoms with Crippen LogP contribution in [-0.4, -0.2) is 11.5 Å². The van der Waals surface area contributed by atoms with Gasteiger partial charge in [0.25, 0.3) is 0 Å². The largest absolute Gasteiger partial charge is 0.393 e. The fraction of sp³-hybridized carbons (Fsp3) is 0.250. The van der Waals surface area contributed by atoms with Crippen LogP contribution in [-0.2, 0) is 13.0 Å². The van der Waals surface area contributed by atoms with Gasteiger partial charge in [-0.2, -0.15) is 0 Å². The third-order valence-corrected chi connectivity index (χ3v) is 3.92. The van der Waals surface area contributed by atoms with Crippen LogP contribution in [0.15, 0.2) is 42.5 Å². The summed E-state index contributed by atoms with van der Waals surface area (Å²) in [4.78, 5) is 13.0. The number of hydrogen-bond donors (Lipinski definition) is 1. The molecular weight excluding hydrogens is 266 g/mol. The maximum absolute atomic E-state index is 11.3. The number of benzene rings is 2. The van der Waals surface area contributed by atoms with E-state index in [2.05, 4.69) is 17.0 Å². The van der Waals surface area contributed by atoms with Crippen LogP contribution < -0.4 is 10.6 Å². The van der Waals surface area contributed by atoms with E-state index in [0.717, 1.165) is 19.4 Å². The zero-order valence-corrected chi connectivity index (χ0v) is 11.7. The molecule has 0 saturated heterocycles. The van der Waals surface area contributed by atoms with Crippen LogP contribution in [0.5, 0.6) is 0 Å². The Morgan fingerprint density at radius 3 is 2.62 bits per heavy atom. The number of rotatable bonds is 2. The molecule has 2 aromatic carbocycles. The normalized spacial score (nSPS) is 14.4. The first kappa shape index (κ1) is 13.4. The Bertz CT molecular complexity index is 685. The first-order chi connectivity index (χ1) is 10.2. The smallest absolute Gasteiger partial charge is 0.315 e. The van der Waals surface area contributed by atoms with Gasteiger partial charge < -0.3 is 10.6 Å². The van der Waals surface area contributed by atoms with Crippen LogP contribution in [0.4, 0.5) is 17.1 Å². The molecule has 0 aromatic heterocycles. The average Bonchev–Trinajstić information content (AvgIpc) is 2.68. The zero-order valence-electron chi connectivity index (χ0n) is 11.7. The number of para-hydroxylation sites is 1. The topological polar surface area (TPSA) is 72.4 Å². The number of nitro groups is 1. The van der Waals surface area contributed by atoms with Gasteiger partial charge in [0.2, 0.25) is 0 Å². The second kappa shape index (κ2) is 5.44. The Labute approximate surface area is 123 Å². The Morgan fingerprint density at radius 2 is 1.86 bits per heavy atom. The van der Waals surface area contributed by atoms with E-state index in [4.69, 9.17) is 5.73 Å². The molecule has 21 heavy (non-hydrogen) atoms. The lowest BCUT2D eigenvalue weighted by molar-refractivity contribution is -0.383. The summed E-state index contributed by atoms with van der Waals surface area (Å²) in [5.74, 6) is 0. The summed E-state index contributed by atoms with van der Waals surface area (Å²) in [5, 5.41) is 11.3. The maximum atomic E-state index is 11.3. The fourth-order valence-electron chi connectivity index (χ4n) is 2.91. The maximum Gasteiger partial charge on any atom is 0.315 e. The number of fused-ring (bicyclic) bond motifs is 1. The molecule has 0 aliphatic carbocycles. The van der Waals surface area contributed by atoms with Gasteiger partial charge in [0.15, 0.2) is 0 Å². The van der Waals surface area contributed by atoms with Gasteiger partial charge in [-0.3, -0.25) is 10.1 Å². The van der Waals surface area contributed by atoms with Crippen molar-refractivity contribution in [1.29, 1.82) is 0 Å². The molecule has 0 saturated carbocycles. The Morgan fingerprint density at radius 1 is 1.10 bits per heavy atom. The van der Waals surface area contributed by atoms with Crippen molar-refractivity contribution < 1.29 is 4.92 Å². The first-order valence-corrected chi connectivity index (χ1v) is 7.01. The summed E-state index contributed by atoms with van der Waals surface area (Å²) >= 11 is 0. The van der Waals surface area contributed by atoms with Crippen molar-refractivity contribution >= 4 is 17.1 Å². The second-order valence-electron chi connectivity index (χ2n) is 5.27. The molecule has 5 heteroatoms. The SMILES string of the molecule is Nc1cccc(N2CCCc3ccccc3C2)c1[N+](=O)[O-]. The molecule has 2 N–H and O–H groups in total. The van der Waals surface area contributed by atoms with E-state index in [9.17, 15) is 10.1 Å². The van der Waals surface area contributed by atoms with E-state index in [1.165, 1.54) is 11.1 Å². The first-order valence-electron chi connectivity index (χ1n) is 7.01. The number of anilines is 2. The van der Waals surface area contributed by atoms with Gasteiger partial charge in [-0.15, -0.1) is 0 Å². The number of nitrogens with two attached hydrogens (primary N) is 1. The molecule has 1 aliphatic rings. The van der Waals surface area contributed by atoms with Gasteiger partial charge in [0, 0.05) is 13.1 Å². The highest BCUT2D eigenvalue weighted by molar-refractivity contribution is 5.75. The molecule has 0 spiro atoms. The van der Waals surface area contributed by atoms with Crippen LogP contribution in [0, 0.1) is 10.1 Å². The highest BCUT2D eigenvalue weighted by Crippen LogP contribution is 2.35. The molecule has 1 heterocycles. The van der Waals surface area contributed by atoms with Crippen LogP contribution >= 0.6 is 0 Å². The molecule has 0 amide bonds. The molecule has 1 aliphatic heterocycles. The van der Waals surface area contributed by atoms with Gasteiger partial charge in [0.1, 0.15) is 11.4 Å². The summed E-state index contributed by atoms with van der Waals surface area (Å²) in [6, 6.07) is 13.4. The van der Waals surface area contributed by atoms with Crippen molar-refractivity contribution in [3.05, 3.63) is 63.7 Å². The minimum atomic E-state index is -0.387. The lowest BCUT2D eigenvalue weighted by Crippen LogP contribution is -2.23. The zero-order chi connectivity index (χ0) is 14.8. The molecule has 0 radical (unpaired) electrons. The van der Waals surface area contributed by atoms with Crippen molar-refractivity contribution in [2.45, 2.75) is 19.4 Å². The Kier molecular flexibility index (Phi) is 3.48. The fourth-order valence-corrected chi connectivity index (χ4v) is 2.91. The molecule has 0 bridgehead atoms. The van der Waals surface area contributed by atoms with Crippen LogP contribution in [0.2, 0.25) is 0 Å². The summed E-state index contributed by atoms with van der Waals surface area (Å²) in [6.45, 7) is 1.47. The van der Waals surface area contributed by atoms with E-state index in [-0.39, 0.29) is 16.3 Å². The molecule has 2 aromatic rings. The molecule has 108 valence electrons. The molecule has 3 rings (SSSR count). The number of aryl methyl sites for hydroxylation is 1. The molecule has 0 unspecified atom stereocenters. The molecular formula is C16H17N3O2. The lowest BCUT2D eigenvalue weighted by atomic mass is 10.0. The highest BCUT2D eigenvalue weighted by Gasteiger charge is 2.24. The van der Waals surface area contributed by atoms with Crippen molar-refractivity contribution in [2.24, 2.45) is 0 Å². The molecule has 0 atom stereocenters. The standard InChI is InChI=1S/C16H17N3O2/c17-14-8-3-9-15(16(14)19(20)21)18-10-4-7-12-5-1-2-6-13(12)11-18/h1-3,5-6,8-9H,4,7,10-11,17H2. The lowest BCUT2D eigenvalue weighted by Gasteiger charge is -2.23. The summed E-state index contributed by atoms with van der Waals surface area (Å²) < 4.78 is 0. The quantitative estimate of drug-likeness (QED) is 0.522. The second-order valence-corrected chi connectivity index (χ2v) is 5.27. The van der Waals surface area contributed by atoms with E-state index in [1.807, 2.05) is 12.1 Å². The number of nitrogen functional groups attached to an aromatic ring is 1. The monoisotopic (exact) mass is 283 g/mol. The minimum Gasteiger partial charge on any atom is -0.393 e. The van der Waals surface area contributed by atoms with E-state index < -0.39 is 0 Å². The Hall–Kier alpha value is -2.56. The van der Waals surface area contributed by atoms with Crippen LogP contribution in [0.3, 0.4) is 0 Å². The van der Waals surface area contributed by atoms with Crippen molar-refractivity contribution in [1.82, 2.24) is 0 Å². The van der Waals surface area contributed by atoms with Crippen LogP contribution in [0.25, 0.3) is 0 Å².